The summed E-state index contributed by atoms with van der Waals surface area (Å²) in [5.41, 5.74) is 11.4. The molecule has 0 unspecified atom stereocenters. The maximum Gasteiger partial charge on any atom is 0.164 e. The Hall–Kier alpha value is -7.16. The van der Waals surface area contributed by atoms with E-state index in [2.05, 4.69) is 91.0 Å². The van der Waals surface area contributed by atoms with Gasteiger partial charge in [-0.2, -0.15) is 5.26 Å². The highest BCUT2D eigenvalue weighted by Crippen LogP contribution is 2.38. The van der Waals surface area contributed by atoms with Gasteiger partial charge in [-0.05, 0) is 69.8 Å². The van der Waals surface area contributed by atoms with Gasteiger partial charge in [0.25, 0.3) is 0 Å². The van der Waals surface area contributed by atoms with Crippen LogP contribution in [0.3, 0.4) is 0 Å². The van der Waals surface area contributed by atoms with Crippen molar-refractivity contribution in [2.45, 2.75) is 0 Å². The molecule has 0 saturated carbocycles. The van der Waals surface area contributed by atoms with E-state index in [0.29, 0.717) is 23.0 Å². The first-order chi connectivity index (χ1) is 25.2. The van der Waals surface area contributed by atoms with Crippen molar-refractivity contribution < 1.29 is 4.42 Å². The van der Waals surface area contributed by atoms with Gasteiger partial charge in [-0.25, -0.2) is 15.0 Å². The molecule has 9 rings (SSSR count). The smallest absolute Gasteiger partial charge is 0.164 e. The van der Waals surface area contributed by atoms with Crippen molar-refractivity contribution in [3.05, 3.63) is 175 Å². The van der Waals surface area contributed by atoms with Crippen molar-refractivity contribution in [2.75, 3.05) is 0 Å². The average Bonchev–Trinajstić information content (AvgIpc) is 3.60. The zero-order valence-electron chi connectivity index (χ0n) is 27.4. The fourth-order valence-electron chi connectivity index (χ4n) is 6.63. The lowest BCUT2D eigenvalue weighted by atomic mass is 9.97. The Balaban J connectivity index is 1.11. The van der Waals surface area contributed by atoms with Crippen molar-refractivity contribution in [2.24, 2.45) is 0 Å². The van der Waals surface area contributed by atoms with E-state index < -0.39 is 0 Å². The Morgan fingerprint density at radius 1 is 0.392 bits per heavy atom. The second-order valence-electron chi connectivity index (χ2n) is 12.4. The van der Waals surface area contributed by atoms with Crippen LogP contribution in [0.2, 0.25) is 0 Å². The monoisotopic (exact) mass is 652 g/mol. The topological polar surface area (TPSA) is 75.6 Å². The van der Waals surface area contributed by atoms with Gasteiger partial charge in [0.1, 0.15) is 11.2 Å². The minimum Gasteiger partial charge on any atom is -0.456 e. The molecule has 0 fully saturated rings. The van der Waals surface area contributed by atoms with Crippen LogP contribution in [0.1, 0.15) is 5.56 Å². The minimum absolute atomic E-state index is 0.570. The molecule has 0 spiro atoms. The van der Waals surface area contributed by atoms with Crippen LogP contribution in [-0.4, -0.2) is 15.0 Å². The molecule has 0 aliphatic rings. The zero-order chi connectivity index (χ0) is 34.1. The molecule has 0 bridgehead atoms. The number of hydrogen-bond donors (Lipinski definition) is 0. The quantitative estimate of drug-likeness (QED) is 0.179. The predicted octanol–water partition coefficient (Wildman–Crippen LogP) is 11.6. The van der Waals surface area contributed by atoms with Gasteiger partial charge >= 0.3 is 0 Å². The van der Waals surface area contributed by atoms with Crippen molar-refractivity contribution in [1.29, 1.82) is 5.26 Å². The molecule has 0 aliphatic heterocycles. The molecular weight excluding hydrogens is 625 g/mol. The molecule has 7 aromatic carbocycles. The summed E-state index contributed by atoms with van der Waals surface area (Å²) in [6.45, 7) is 0. The average molecular weight is 653 g/mol. The van der Waals surface area contributed by atoms with E-state index in [1.807, 2.05) is 84.9 Å². The Bertz CT molecular complexity index is 2750. The predicted molar refractivity (Wildman–Crippen MR) is 204 cm³/mol. The number of aromatic nitrogens is 3. The third-order valence-electron chi connectivity index (χ3n) is 9.17. The summed E-state index contributed by atoms with van der Waals surface area (Å²) >= 11 is 0. The third kappa shape index (κ3) is 5.71. The Kier molecular flexibility index (Phi) is 7.46. The molecule has 51 heavy (non-hydrogen) atoms. The maximum atomic E-state index is 9.37. The summed E-state index contributed by atoms with van der Waals surface area (Å²) in [5, 5.41) is 11.5. The molecule has 0 N–H and O–H groups in total. The molecule has 0 aliphatic carbocycles. The summed E-state index contributed by atoms with van der Waals surface area (Å²) in [6.07, 6.45) is 0. The molecule has 238 valence electrons. The standard InChI is InChI=1S/C46H28N4O/c47-29-30-10-7-15-35(26-30)37-17-8-16-36(27-37)31-20-22-34(23-21-31)45-48-44(33-13-5-2-6-14-33)49-46(50-45)38-24-25-40-42(28-38)51-41-19-9-18-39(43(40)41)32-11-3-1-4-12-32/h1-28H. The van der Waals surface area contributed by atoms with Gasteiger partial charge in [-0.3, -0.25) is 0 Å². The normalized spacial score (nSPS) is 11.1. The molecule has 0 atom stereocenters. The van der Waals surface area contributed by atoms with Gasteiger partial charge in [0, 0.05) is 27.5 Å². The summed E-state index contributed by atoms with van der Waals surface area (Å²) in [5.74, 6) is 1.76. The largest absolute Gasteiger partial charge is 0.456 e. The van der Waals surface area contributed by atoms with Crippen molar-refractivity contribution >= 4 is 21.9 Å². The second-order valence-corrected chi connectivity index (χ2v) is 12.4. The molecule has 5 nitrogen and oxygen atoms in total. The van der Waals surface area contributed by atoms with Gasteiger partial charge in [0.15, 0.2) is 17.5 Å². The van der Waals surface area contributed by atoms with Crippen molar-refractivity contribution in [3.63, 3.8) is 0 Å². The summed E-state index contributed by atoms with van der Waals surface area (Å²) in [4.78, 5) is 14.9. The van der Waals surface area contributed by atoms with Crippen LogP contribution in [0.25, 0.3) is 89.5 Å². The number of hydrogen-bond acceptors (Lipinski definition) is 5. The van der Waals surface area contributed by atoms with Gasteiger partial charge in [-0.15, -0.1) is 0 Å². The number of furan rings is 1. The van der Waals surface area contributed by atoms with Crippen LogP contribution in [0.15, 0.2) is 174 Å². The lowest BCUT2D eigenvalue weighted by molar-refractivity contribution is 0.669. The highest BCUT2D eigenvalue weighted by Gasteiger charge is 2.17. The zero-order valence-corrected chi connectivity index (χ0v) is 27.4. The van der Waals surface area contributed by atoms with Gasteiger partial charge in [0.2, 0.25) is 0 Å². The van der Waals surface area contributed by atoms with Gasteiger partial charge in [-0.1, -0.05) is 133 Å². The Labute approximate surface area is 294 Å². The Morgan fingerprint density at radius 2 is 0.922 bits per heavy atom. The molecule has 2 aromatic heterocycles. The summed E-state index contributed by atoms with van der Waals surface area (Å²) in [7, 11) is 0. The van der Waals surface area contributed by atoms with Crippen molar-refractivity contribution in [1.82, 2.24) is 15.0 Å². The van der Waals surface area contributed by atoms with E-state index >= 15 is 0 Å². The number of benzene rings is 7. The van der Waals surface area contributed by atoms with Crippen molar-refractivity contribution in [3.8, 4) is 73.6 Å². The molecular formula is C46H28N4O. The SMILES string of the molecule is N#Cc1cccc(-c2cccc(-c3ccc(-c4nc(-c5ccccc5)nc(-c5ccc6c(c5)oc5cccc(-c7ccccc7)c56)n4)cc3)c2)c1. The number of nitrogens with zero attached hydrogens (tertiary/aromatic N) is 4. The lowest BCUT2D eigenvalue weighted by Gasteiger charge is -2.10. The summed E-state index contributed by atoms with van der Waals surface area (Å²) in [6, 6.07) is 59.3. The first kappa shape index (κ1) is 29.9. The van der Waals surface area contributed by atoms with E-state index in [9.17, 15) is 5.26 Å². The van der Waals surface area contributed by atoms with Crippen LogP contribution in [0.4, 0.5) is 0 Å². The van der Waals surface area contributed by atoms with Gasteiger partial charge < -0.3 is 4.42 Å². The van der Waals surface area contributed by atoms with E-state index in [1.165, 1.54) is 0 Å². The van der Waals surface area contributed by atoms with Crippen LogP contribution >= 0.6 is 0 Å². The van der Waals surface area contributed by atoms with Crippen LogP contribution < -0.4 is 0 Å². The summed E-state index contributed by atoms with van der Waals surface area (Å²) < 4.78 is 6.42. The van der Waals surface area contributed by atoms with E-state index in [-0.39, 0.29) is 0 Å². The first-order valence-corrected chi connectivity index (χ1v) is 16.7. The molecule has 9 aromatic rings. The fourth-order valence-corrected chi connectivity index (χ4v) is 6.63. The highest BCUT2D eigenvalue weighted by atomic mass is 16.3. The number of rotatable bonds is 6. The highest BCUT2D eigenvalue weighted by molar-refractivity contribution is 6.13. The minimum atomic E-state index is 0.570. The third-order valence-corrected chi connectivity index (χ3v) is 9.17. The Morgan fingerprint density at radius 3 is 1.63 bits per heavy atom. The van der Waals surface area contributed by atoms with E-state index in [0.717, 1.165) is 72.0 Å². The van der Waals surface area contributed by atoms with Crippen LogP contribution in [-0.2, 0) is 0 Å². The first-order valence-electron chi connectivity index (χ1n) is 16.7. The molecule has 0 amide bonds. The second kappa shape index (κ2) is 12.7. The molecule has 2 heterocycles. The van der Waals surface area contributed by atoms with Gasteiger partial charge in [0.05, 0.1) is 11.6 Å². The van der Waals surface area contributed by atoms with E-state index in [4.69, 9.17) is 19.4 Å². The van der Waals surface area contributed by atoms with Crippen LogP contribution in [0.5, 0.6) is 0 Å². The maximum absolute atomic E-state index is 9.37. The molecule has 0 saturated heterocycles. The lowest BCUT2D eigenvalue weighted by Crippen LogP contribution is -2.00. The molecule has 5 heteroatoms. The van der Waals surface area contributed by atoms with Crippen LogP contribution in [0, 0.1) is 11.3 Å². The molecule has 0 radical (unpaired) electrons. The number of nitriles is 1. The van der Waals surface area contributed by atoms with E-state index in [1.54, 1.807) is 0 Å². The fraction of sp³-hybridized carbons (Fsp3) is 0. The number of fused-ring (bicyclic) bond motifs is 3.